The minimum absolute atomic E-state index is 0.831. The van der Waals surface area contributed by atoms with Gasteiger partial charge in [0.2, 0.25) is 0 Å². The number of nitrogens with zero attached hydrogens (tertiary/aromatic N) is 1. The Balaban J connectivity index is 1.76. The molecule has 0 fully saturated rings. The molecule has 0 spiro atoms. The first-order valence-electron chi connectivity index (χ1n) is 11.3. The molecule has 0 heterocycles. The van der Waals surface area contributed by atoms with Gasteiger partial charge in [-0.25, -0.2) is 0 Å². The summed E-state index contributed by atoms with van der Waals surface area (Å²) >= 11 is 0. The van der Waals surface area contributed by atoms with Crippen molar-refractivity contribution in [1.82, 2.24) is 5.43 Å². The van der Waals surface area contributed by atoms with Gasteiger partial charge in [0.15, 0.2) is 0 Å². The fourth-order valence-corrected chi connectivity index (χ4v) is 8.00. The molecule has 4 rings (SSSR count). The Labute approximate surface area is 198 Å². The number of rotatable bonds is 8. The van der Waals surface area contributed by atoms with E-state index >= 15 is 0 Å². The van der Waals surface area contributed by atoms with Crippen molar-refractivity contribution in [3.05, 3.63) is 138 Å². The van der Waals surface area contributed by atoms with Gasteiger partial charge in [-0.3, -0.25) is 5.43 Å². The normalized spacial score (nSPS) is 12.4. The highest BCUT2D eigenvalue weighted by atomic mass is 31.2. The van der Waals surface area contributed by atoms with Crippen molar-refractivity contribution in [2.45, 2.75) is 20.3 Å². The average molecular weight is 450 g/mol. The van der Waals surface area contributed by atoms with E-state index in [1.165, 1.54) is 21.5 Å². The maximum absolute atomic E-state index is 4.70. The number of hydrogen-bond acceptors (Lipinski definition) is 2. The van der Waals surface area contributed by atoms with E-state index in [9.17, 15) is 0 Å². The molecular weight excluding hydrogens is 419 g/mol. The topological polar surface area (TPSA) is 24.4 Å². The third-order valence-corrected chi connectivity index (χ3v) is 9.72. The zero-order valence-corrected chi connectivity index (χ0v) is 20.1. The molecule has 0 aliphatic rings. The SMILES string of the molecule is C/C(=C\[P+](c1ccccc1)(c1ccccc1)c1ccccc1)N/N=C(\C)Cc1ccccc1. The summed E-state index contributed by atoms with van der Waals surface area (Å²) < 4.78 is 0. The summed E-state index contributed by atoms with van der Waals surface area (Å²) in [5.74, 6) is 2.41. The number of hydrogen-bond donors (Lipinski definition) is 1. The molecule has 0 aliphatic carbocycles. The summed E-state index contributed by atoms with van der Waals surface area (Å²) in [4.78, 5) is 0. The molecule has 0 bridgehead atoms. The molecule has 0 amide bonds. The number of allylic oxidation sites excluding steroid dienone is 1. The van der Waals surface area contributed by atoms with Gasteiger partial charge in [0.1, 0.15) is 23.2 Å². The maximum atomic E-state index is 4.70. The van der Waals surface area contributed by atoms with Crippen LogP contribution in [0.1, 0.15) is 19.4 Å². The monoisotopic (exact) mass is 449 g/mol. The van der Waals surface area contributed by atoms with Crippen LogP contribution in [-0.4, -0.2) is 5.71 Å². The van der Waals surface area contributed by atoms with Crippen molar-refractivity contribution in [2.24, 2.45) is 5.10 Å². The standard InChI is InChI=1S/C30H30N2P/c1-25(23-27-15-7-3-8-16-27)31-32-26(2)24-33(28-17-9-4-10-18-28,29-19-11-5-12-20-29)30-21-13-6-14-22-30/h3-22,24,32H,23H2,1-2H3/q+1/b26-24+,31-25+. The van der Waals surface area contributed by atoms with Crippen molar-refractivity contribution in [3.63, 3.8) is 0 Å². The molecule has 1 N–H and O–H groups in total. The van der Waals surface area contributed by atoms with Crippen molar-refractivity contribution in [1.29, 1.82) is 0 Å². The summed E-state index contributed by atoms with van der Waals surface area (Å²) in [6, 6.07) is 43.0. The second kappa shape index (κ2) is 10.9. The van der Waals surface area contributed by atoms with E-state index < -0.39 is 7.26 Å². The summed E-state index contributed by atoms with van der Waals surface area (Å²) in [6.07, 6.45) is 0.831. The summed E-state index contributed by atoms with van der Waals surface area (Å²) in [5, 5.41) is 8.68. The molecule has 0 saturated heterocycles. The molecule has 164 valence electrons. The van der Waals surface area contributed by atoms with Gasteiger partial charge in [-0.15, -0.1) is 0 Å². The van der Waals surface area contributed by atoms with Gasteiger partial charge >= 0.3 is 0 Å². The van der Waals surface area contributed by atoms with E-state index in [0.717, 1.165) is 17.8 Å². The van der Waals surface area contributed by atoms with Gasteiger partial charge in [-0.05, 0) is 55.8 Å². The molecule has 0 aromatic heterocycles. The molecular formula is C30H30N2P+. The van der Waals surface area contributed by atoms with Crippen LogP contribution in [-0.2, 0) is 6.42 Å². The van der Waals surface area contributed by atoms with Gasteiger partial charge in [0.25, 0.3) is 0 Å². The number of nitrogens with one attached hydrogen (secondary N) is 1. The second-order valence-electron chi connectivity index (χ2n) is 8.16. The lowest BCUT2D eigenvalue weighted by molar-refractivity contribution is 0.882. The lowest BCUT2D eigenvalue weighted by atomic mass is 10.1. The maximum Gasteiger partial charge on any atom is 0.138 e. The van der Waals surface area contributed by atoms with Crippen LogP contribution in [0, 0.1) is 0 Å². The summed E-state index contributed by atoms with van der Waals surface area (Å²) in [6.45, 7) is 4.18. The molecule has 3 heteroatoms. The summed E-state index contributed by atoms with van der Waals surface area (Å²) in [5.41, 5.74) is 6.71. The van der Waals surface area contributed by atoms with Crippen LogP contribution in [0.3, 0.4) is 0 Å². The Morgan fingerprint density at radius 1 is 0.636 bits per heavy atom. The fraction of sp³-hybridized carbons (Fsp3) is 0.100. The van der Waals surface area contributed by atoms with Crippen LogP contribution in [0.15, 0.2) is 138 Å². The Bertz CT molecular complexity index is 1100. The molecule has 0 aliphatic heterocycles. The first kappa shape index (κ1) is 22.7. The van der Waals surface area contributed by atoms with Gasteiger partial charge in [-0.1, -0.05) is 84.9 Å². The minimum atomic E-state index is -2.03. The molecule has 0 radical (unpaired) electrons. The average Bonchev–Trinajstić information content (AvgIpc) is 2.88. The summed E-state index contributed by atoms with van der Waals surface area (Å²) in [7, 11) is -2.03. The van der Waals surface area contributed by atoms with Crippen LogP contribution in [0.25, 0.3) is 0 Å². The van der Waals surface area contributed by atoms with Gasteiger partial charge in [0.05, 0.1) is 11.5 Å². The van der Waals surface area contributed by atoms with Crippen molar-refractivity contribution in [3.8, 4) is 0 Å². The smallest absolute Gasteiger partial charge is 0.138 e. The van der Waals surface area contributed by atoms with Crippen molar-refractivity contribution < 1.29 is 0 Å². The van der Waals surface area contributed by atoms with Crippen molar-refractivity contribution in [2.75, 3.05) is 0 Å². The molecule has 4 aromatic rings. The van der Waals surface area contributed by atoms with Crippen LogP contribution in [0.4, 0.5) is 0 Å². The van der Waals surface area contributed by atoms with E-state index in [1.54, 1.807) is 0 Å². The number of benzene rings is 4. The largest absolute Gasteiger partial charge is 0.280 e. The zero-order chi connectivity index (χ0) is 22.9. The zero-order valence-electron chi connectivity index (χ0n) is 19.2. The highest BCUT2D eigenvalue weighted by molar-refractivity contribution is 7.98. The van der Waals surface area contributed by atoms with Crippen LogP contribution < -0.4 is 21.3 Å². The second-order valence-corrected chi connectivity index (χ2v) is 11.4. The predicted molar refractivity (Wildman–Crippen MR) is 145 cm³/mol. The van der Waals surface area contributed by atoms with Crippen LogP contribution in [0.5, 0.6) is 0 Å². The highest BCUT2D eigenvalue weighted by Crippen LogP contribution is 2.57. The third-order valence-electron chi connectivity index (χ3n) is 5.60. The quantitative estimate of drug-likeness (QED) is 0.198. The van der Waals surface area contributed by atoms with Crippen LogP contribution in [0.2, 0.25) is 0 Å². The Morgan fingerprint density at radius 2 is 1.03 bits per heavy atom. The lowest BCUT2D eigenvalue weighted by Gasteiger charge is -2.24. The van der Waals surface area contributed by atoms with Crippen LogP contribution >= 0.6 is 7.26 Å². The van der Waals surface area contributed by atoms with Gasteiger partial charge < -0.3 is 0 Å². The predicted octanol–water partition coefficient (Wildman–Crippen LogP) is 6.05. The first-order chi connectivity index (χ1) is 16.2. The first-order valence-corrected chi connectivity index (χ1v) is 13.1. The molecule has 0 unspecified atom stereocenters. The Hall–Kier alpha value is -3.48. The molecule has 0 saturated carbocycles. The van der Waals surface area contributed by atoms with E-state index in [0.29, 0.717) is 0 Å². The number of hydrazone groups is 1. The van der Waals surface area contributed by atoms with E-state index in [1.807, 2.05) is 6.07 Å². The molecule has 33 heavy (non-hydrogen) atoms. The van der Waals surface area contributed by atoms with Gasteiger partial charge in [0, 0.05) is 12.1 Å². The molecule has 2 nitrogen and oxygen atoms in total. The van der Waals surface area contributed by atoms with E-state index in [4.69, 9.17) is 5.10 Å². The molecule has 0 atom stereocenters. The van der Waals surface area contributed by atoms with Gasteiger partial charge in [-0.2, -0.15) is 5.10 Å². The Morgan fingerprint density at radius 3 is 1.45 bits per heavy atom. The molecule has 4 aromatic carbocycles. The third kappa shape index (κ3) is 5.48. The van der Waals surface area contributed by atoms with E-state index in [-0.39, 0.29) is 0 Å². The minimum Gasteiger partial charge on any atom is -0.280 e. The van der Waals surface area contributed by atoms with Crippen molar-refractivity contribution >= 4 is 28.9 Å². The van der Waals surface area contributed by atoms with E-state index in [2.05, 4.69) is 140 Å². The fourth-order valence-electron chi connectivity index (χ4n) is 4.09. The Kier molecular flexibility index (Phi) is 7.50. The highest BCUT2D eigenvalue weighted by Gasteiger charge is 2.43. The lowest BCUT2D eigenvalue weighted by Crippen LogP contribution is -2.30.